The van der Waals surface area contributed by atoms with E-state index in [4.69, 9.17) is 10.7 Å². The van der Waals surface area contributed by atoms with Crippen LogP contribution in [0, 0.1) is 5.92 Å². The first-order valence-corrected chi connectivity index (χ1v) is 7.12. The number of amides is 1. The first kappa shape index (κ1) is 10.1. The Hall–Kier alpha value is -1.07. The molecule has 0 bridgehead atoms. The molecule has 1 aliphatic carbocycles. The molecule has 16 heavy (non-hydrogen) atoms. The molecule has 1 aromatic rings. The monoisotopic (exact) mass is 257 g/mol. The van der Waals surface area contributed by atoms with Crippen LogP contribution in [0.25, 0.3) is 0 Å². The van der Waals surface area contributed by atoms with Crippen LogP contribution < -0.4 is 0 Å². The Morgan fingerprint density at radius 3 is 2.69 bits per heavy atom. The van der Waals surface area contributed by atoms with Gasteiger partial charge in [-0.3, -0.25) is 4.79 Å². The zero-order valence-electron chi connectivity index (χ0n) is 8.13. The summed E-state index contributed by atoms with van der Waals surface area (Å²) < 4.78 is 23.3. The molecule has 2 atom stereocenters. The minimum absolute atomic E-state index is 0.245. The number of rotatable bonds is 1. The van der Waals surface area contributed by atoms with E-state index in [0.29, 0.717) is 6.42 Å². The molecule has 0 radical (unpaired) electrons. The molecule has 1 fully saturated rings. The highest BCUT2D eigenvalue weighted by atomic mass is 35.7. The lowest BCUT2D eigenvalue weighted by Crippen LogP contribution is -2.54. The molecular weight excluding hydrogens is 250 g/mol. The van der Waals surface area contributed by atoms with Crippen LogP contribution in [0.2, 0.25) is 0 Å². The maximum absolute atomic E-state index is 11.6. The molecule has 3 rings (SSSR count). The highest BCUT2D eigenvalue weighted by molar-refractivity contribution is 8.12. The lowest BCUT2D eigenvalue weighted by atomic mass is 9.91. The molecule has 1 saturated heterocycles. The molecule has 0 saturated carbocycles. The molecule has 4 nitrogen and oxygen atoms in total. The highest BCUT2D eigenvalue weighted by Crippen LogP contribution is 2.50. The van der Waals surface area contributed by atoms with E-state index in [2.05, 4.69) is 0 Å². The van der Waals surface area contributed by atoms with E-state index in [-0.39, 0.29) is 12.0 Å². The summed E-state index contributed by atoms with van der Waals surface area (Å²) >= 11 is 0. The molecule has 1 amide bonds. The predicted octanol–water partition coefficient (Wildman–Crippen LogP) is 1.23. The number of carbonyl (C=O) groups excluding carboxylic acids is 1. The standard InChI is InChI=1S/C10H8ClNO3S/c11-16(14,15)12-9-7-4-2-1-3-6(7)5-8(9)10(12)13/h1-4,8-9H,5H2. The van der Waals surface area contributed by atoms with Gasteiger partial charge in [0.2, 0.25) is 5.91 Å². The van der Waals surface area contributed by atoms with Gasteiger partial charge >= 0.3 is 9.24 Å². The Morgan fingerprint density at radius 2 is 2.00 bits per heavy atom. The molecule has 1 aliphatic heterocycles. The van der Waals surface area contributed by atoms with Crippen molar-refractivity contribution in [2.45, 2.75) is 12.5 Å². The number of carbonyl (C=O) groups is 1. The summed E-state index contributed by atoms with van der Waals surface area (Å²) in [7, 11) is 1.28. The first-order valence-electron chi connectivity index (χ1n) is 4.86. The normalized spacial score (nSPS) is 27.3. The molecule has 0 N–H and O–H groups in total. The van der Waals surface area contributed by atoms with Crippen molar-refractivity contribution in [1.29, 1.82) is 0 Å². The Morgan fingerprint density at radius 1 is 1.31 bits per heavy atom. The zero-order valence-corrected chi connectivity index (χ0v) is 9.70. The number of benzene rings is 1. The zero-order chi connectivity index (χ0) is 11.5. The topological polar surface area (TPSA) is 54.5 Å². The molecule has 0 aromatic heterocycles. The molecule has 1 aromatic carbocycles. The largest absolute Gasteiger partial charge is 0.324 e. The lowest BCUT2D eigenvalue weighted by molar-refractivity contribution is -0.145. The van der Waals surface area contributed by atoms with E-state index in [9.17, 15) is 13.2 Å². The molecule has 2 aliphatic rings. The first-order chi connectivity index (χ1) is 7.50. The fraction of sp³-hybridized carbons (Fsp3) is 0.300. The van der Waals surface area contributed by atoms with E-state index in [1.54, 1.807) is 0 Å². The predicted molar refractivity (Wildman–Crippen MR) is 58.0 cm³/mol. The van der Waals surface area contributed by atoms with Crippen molar-refractivity contribution in [2.24, 2.45) is 5.92 Å². The number of nitrogens with zero attached hydrogens (tertiary/aromatic N) is 1. The van der Waals surface area contributed by atoms with E-state index >= 15 is 0 Å². The maximum atomic E-state index is 11.6. The van der Waals surface area contributed by atoms with Crippen LogP contribution in [0.1, 0.15) is 17.2 Å². The van der Waals surface area contributed by atoms with Gasteiger partial charge in [0.1, 0.15) is 0 Å². The molecular formula is C10H8ClNO3S. The summed E-state index contributed by atoms with van der Waals surface area (Å²) in [4.78, 5) is 11.6. The summed E-state index contributed by atoms with van der Waals surface area (Å²) in [6, 6.07) is 7.10. The third-order valence-electron chi connectivity index (χ3n) is 3.22. The Labute approximate surface area is 97.4 Å². The number of hydrogen-bond acceptors (Lipinski definition) is 3. The van der Waals surface area contributed by atoms with Crippen LogP contribution in [0.5, 0.6) is 0 Å². The third kappa shape index (κ3) is 1.15. The van der Waals surface area contributed by atoms with Gasteiger partial charge in [-0.05, 0) is 17.5 Å². The Bertz CT molecular complexity index is 583. The Kier molecular flexibility index (Phi) is 1.89. The number of halogens is 1. The van der Waals surface area contributed by atoms with E-state index in [1.807, 2.05) is 24.3 Å². The highest BCUT2D eigenvalue weighted by Gasteiger charge is 2.57. The minimum atomic E-state index is -3.96. The van der Waals surface area contributed by atoms with Gasteiger partial charge in [0, 0.05) is 10.7 Å². The van der Waals surface area contributed by atoms with Gasteiger partial charge in [0.05, 0.1) is 12.0 Å². The minimum Gasteiger partial charge on any atom is -0.273 e. The van der Waals surface area contributed by atoms with E-state index < -0.39 is 15.1 Å². The summed E-state index contributed by atoms with van der Waals surface area (Å²) in [6.45, 7) is 0. The summed E-state index contributed by atoms with van der Waals surface area (Å²) in [5.74, 6) is -0.637. The van der Waals surface area contributed by atoms with Crippen LogP contribution in [-0.4, -0.2) is 18.6 Å². The van der Waals surface area contributed by atoms with Crippen molar-refractivity contribution in [2.75, 3.05) is 0 Å². The molecule has 1 heterocycles. The van der Waals surface area contributed by atoms with Gasteiger partial charge in [-0.25, -0.2) is 4.31 Å². The number of hydrogen-bond donors (Lipinski definition) is 0. The molecule has 84 valence electrons. The van der Waals surface area contributed by atoms with Crippen LogP contribution >= 0.6 is 10.7 Å². The van der Waals surface area contributed by atoms with Crippen LogP contribution in [0.3, 0.4) is 0 Å². The fourth-order valence-electron chi connectivity index (χ4n) is 2.55. The average molecular weight is 258 g/mol. The van der Waals surface area contributed by atoms with Crippen molar-refractivity contribution >= 4 is 25.8 Å². The van der Waals surface area contributed by atoms with Crippen molar-refractivity contribution in [3.05, 3.63) is 35.4 Å². The van der Waals surface area contributed by atoms with Crippen LogP contribution in [0.4, 0.5) is 0 Å². The molecule has 6 heteroatoms. The Balaban J connectivity index is 2.09. The van der Waals surface area contributed by atoms with Gasteiger partial charge in [-0.2, -0.15) is 8.42 Å². The van der Waals surface area contributed by atoms with Crippen molar-refractivity contribution in [3.8, 4) is 0 Å². The second-order valence-corrected chi connectivity index (χ2v) is 6.42. The third-order valence-corrected chi connectivity index (χ3v) is 4.54. The van der Waals surface area contributed by atoms with Crippen molar-refractivity contribution in [3.63, 3.8) is 0 Å². The second-order valence-electron chi connectivity index (χ2n) is 4.03. The van der Waals surface area contributed by atoms with E-state index in [0.717, 1.165) is 15.4 Å². The average Bonchev–Trinajstić information content (AvgIpc) is 2.51. The van der Waals surface area contributed by atoms with Gasteiger partial charge in [0.15, 0.2) is 0 Å². The van der Waals surface area contributed by atoms with E-state index in [1.165, 1.54) is 0 Å². The molecule has 2 unspecified atom stereocenters. The fourth-order valence-corrected chi connectivity index (χ4v) is 3.89. The SMILES string of the molecule is O=C1C2Cc3ccccc3C2N1S(=O)(=O)Cl. The summed E-state index contributed by atoms with van der Waals surface area (Å²) in [5, 5.41) is 0. The molecule has 0 spiro atoms. The van der Waals surface area contributed by atoms with Crippen molar-refractivity contribution < 1.29 is 13.2 Å². The summed E-state index contributed by atoms with van der Waals surface area (Å²) in [5.41, 5.74) is 1.94. The van der Waals surface area contributed by atoms with Crippen LogP contribution in [0.15, 0.2) is 24.3 Å². The van der Waals surface area contributed by atoms with Gasteiger partial charge in [-0.1, -0.05) is 24.3 Å². The number of fused-ring (bicyclic) bond motifs is 3. The maximum Gasteiger partial charge on any atom is 0.324 e. The van der Waals surface area contributed by atoms with Crippen LogP contribution in [-0.2, 0) is 20.5 Å². The van der Waals surface area contributed by atoms with Gasteiger partial charge in [0.25, 0.3) is 0 Å². The van der Waals surface area contributed by atoms with Gasteiger partial charge in [-0.15, -0.1) is 0 Å². The van der Waals surface area contributed by atoms with Gasteiger partial charge < -0.3 is 0 Å². The lowest BCUT2D eigenvalue weighted by Gasteiger charge is -2.40. The quantitative estimate of drug-likeness (QED) is 0.562. The smallest absolute Gasteiger partial charge is 0.273 e. The second kappa shape index (κ2) is 2.99. The summed E-state index contributed by atoms with van der Waals surface area (Å²) in [6.07, 6.45) is 0.614. The number of β-lactam (4-membered cyclic amide) rings is 1. The van der Waals surface area contributed by atoms with Crippen molar-refractivity contribution in [1.82, 2.24) is 4.31 Å².